The van der Waals surface area contributed by atoms with Crippen molar-refractivity contribution < 1.29 is 19.0 Å². The minimum absolute atomic E-state index is 0.0298. The molecule has 0 bridgehead atoms. The third-order valence-corrected chi connectivity index (χ3v) is 4.04. The average Bonchev–Trinajstić information content (AvgIpc) is 2.85. The van der Waals surface area contributed by atoms with Crippen LogP contribution in [0.1, 0.15) is 18.9 Å². The van der Waals surface area contributed by atoms with E-state index in [9.17, 15) is 9.50 Å². The Morgan fingerprint density at radius 2 is 1.88 bits per heavy atom. The summed E-state index contributed by atoms with van der Waals surface area (Å²) < 4.78 is 24.2. The molecule has 0 aromatic heterocycles. The van der Waals surface area contributed by atoms with Gasteiger partial charge in [-0.05, 0) is 36.8 Å². The highest BCUT2D eigenvalue weighted by molar-refractivity contribution is 5.92. The molecule has 2 aromatic rings. The highest BCUT2D eigenvalue weighted by atomic mass is 19.1. The molecule has 0 radical (unpaired) electrons. The van der Waals surface area contributed by atoms with Crippen LogP contribution in [0.3, 0.4) is 0 Å². The second-order valence-electron chi connectivity index (χ2n) is 6.32. The van der Waals surface area contributed by atoms with E-state index < -0.39 is 5.60 Å². The fourth-order valence-electron chi connectivity index (χ4n) is 2.57. The van der Waals surface area contributed by atoms with Crippen LogP contribution in [0, 0.1) is 5.82 Å². The normalized spacial score (nSPS) is 16.5. The van der Waals surface area contributed by atoms with Gasteiger partial charge >= 0.3 is 0 Å². The van der Waals surface area contributed by atoms with E-state index in [1.165, 1.54) is 24.3 Å². The monoisotopic (exact) mass is 359 g/mol. The number of guanidine groups is 1. The van der Waals surface area contributed by atoms with Gasteiger partial charge in [0.15, 0.2) is 17.5 Å². The summed E-state index contributed by atoms with van der Waals surface area (Å²) >= 11 is 0. The van der Waals surface area contributed by atoms with Gasteiger partial charge in [-0.25, -0.2) is 9.38 Å². The van der Waals surface area contributed by atoms with Gasteiger partial charge in [-0.3, -0.25) is 0 Å². The highest BCUT2D eigenvalue weighted by Gasteiger charge is 2.22. The lowest BCUT2D eigenvalue weighted by Crippen LogP contribution is -2.29. The molecule has 1 heterocycles. The predicted molar refractivity (Wildman–Crippen MR) is 98.1 cm³/mol. The minimum atomic E-state index is -1.26. The van der Waals surface area contributed by atoms with Crippen LogP contribution in [-0.2, 0) is 5.60 Å². The molecular formula is C19H22FN3O3. The van der Waals surface area contributed by atoms with Gasteiger partial charge in [0.1, 0.15) is 11.4 Å². The number of halogens is 1. The zero-order valence-electron chi connectivity index (χ0n) is 14.5. The summed E-state index contributed by atoms with van der Waals surface area (Å²) in [7, 11) is 0. The lowest BCUT2D eigenvalue weighted by molar-refractivity contribution is 0.0673. The number of fused-ring (bicyclic) bond motifs is 1. The van der Waals surface area contributed by atoms with Crippen molar-refractivity contribution in [3.05, 3.63) is 53.8 Å². The molecule has 4 N–H and O–H groups in total. The van der Waals surface area contributed by atoms with E-state index in [1.54, 1.807) is 13.0 Å². The van der Waals surface area contributed by atoms with Crippen molar-refractivity contribution in [3.63, 3.8) is 0 Å². The molecule has 0 saturated heterocycles. The maximum Gasteiger partial charge on any atom is 0.193 e. The van der Waals surface area contributed by atoms with Crippen LogP contribution in [0.2, 0.25) is 0 Å². The summed E-state index contributed by atoms with van der Waals surface area (Å²) in [6, 6.07) is 11.1. The van der Waals surface area contributed by atoms with E-state index in [0.717, 1.165) is 6.42 Å². The molecule has 0 spiro atoms. The van der Waals surface area contributed by atoms with Gasteiger partial charge in [0.2, 0.25) is 0 Å². The SMILES string of the molecule is CC(O)(CN=C(N)Nc1ccc2c(c1)OCCCO2)c1ccc(F)cc1. The molecule has 1 aliphatic rings. The molecule has 7 heteroatoms. The van der Waals surface area contributed by atoms with Gasteiger partial charge < -0.3 is 25.6 Å². The number of hydrogen-bond acceptors (Lipinski definition) is 4. The first-order valence-electron chi connectivity index (χ1n) is 8.39. The number of anilines is 1. The van der Waals surface area contributed by atoms with Crippen molar-refractivity contribution in [1.29, 1.82) is 0 Å². The summed E-state index contributed by atoms with van der Waals surface area (Å²) in [5, 5.41) is 13.5. The maximum atomic E-state index is 13.0. The van der Waals surface area contributed by atoms with Crippen molar-refractivity contribution in [1.82, 2.24) is 0 Å². The Hall–Kier alpha value is -2.80. The second kappa shape index (κ2) is 7.61. The lowest BCUT2D eigenvalue weighted by Gasteiger charge is -2.22. The number of ether oxygens (including phenoxy) is 2. The molecule has 0 aliphatic carbocycles. The molecule has 2 aromatic carbocycles. The summed E-state index contributed by atoms with van der Waals surface area (Å²) in [6.45, 7) is 2.86. The van der Waals surface area contributed by atoms with Crippen LogP contribution >= 0.6 is 0 Å². The maximum absolute atomic E-state index is 13.0. The second-order valence-corrected chi connectivity index (χ2v) is 6.32. The fourth-order valence-corrected chi connectivity index (χ4v) is 2.57. The molecule has 1 aliphatic heterocycles. The van der Waals surface area contributed by atoms with Crippen molar-refractivity contribution in [2.75, 3.05) is 25.1 Å². The van der Waals surface area contributed by atoms with Crippen LogP contribution in [0.5, 0.6) is 11.5 Å². The standard InChI is InChI=1S/C19H22FN3O3/c1-19(24,13-3-5-14(20)6-4-13)12-22-18(21)23-15-7-8-16-17(11-15)26-10-2-9-25-16/h3-8,11,24H,2,9-10,12H2,1H3,(H3,21,22,23). The first-order valence-corrected chi connectivity index (χ1v) is 8.39. The lowest BCUT2D eigenvalue weighted by atomic mass is 9.96. The van der Waals surface area contributed by atoms with E-state index in [4.69, 9.17) is 15.2 Å². The topological polar surface area (TPSA) is 89.1 Å². The Balaban J connectivity index is 1.66. The Labute approximate surface area is 151 Å². The first-order chi connectivity index (χ1) is 12.4. The van der Waals surface area contributed by atoms with Crippen LogP contribution in [0.25, 0.3) is 0 Å². The molecule has 1 atom stereocenters. The Morgan fingerprint density at radius 1 is 1.19 bits per heavy atom. The number of nitrogens with one attached hydrogen (secondary N) is 1. The third kappa shape index (κ3) is 4.43. The van der Waals surface area contributed by atoms with Crippen molar-refractivity contribution in [2.45, 2.75) is 18.9 Å². The first kappa shape index (κ1) is 18.0. The quantitative estimate of drug-likeness (QED) is 0.577. The van der Waals surface area contributed by atoms with E-state index in [-0.39, 0.29) is 18.3 Å². The summed E-state index contributed by atoms with van der Waals surface area (Å²) in [5.74, 6) is 1.15. The number of aliphatic hydroxyl groups is 1. The van der Waals surface area contributed by atoms with Crippen molar-refractivity contribution in [3.8, 4) is 11.5 Å². The average molecular weight is 359 g/mol. The minimum Gasteiger partial charge on any atom is -0.490 e. The van der Waals surface area contributed by atoms with Crippen LogP contribution in [0.4, 0.5) is 10.1 Å². The zero-order valence-corrected chi connectivity index (χ0v) is 14.5. The van der Waals surface area contributed by atoms with Gasteiger partial charge in [0.05, 0.1) is 19.8 Å². The number of aliphatic imine (C=N–C) groups is 1. The van der Waals surface area contributed by atoms with Crippen molar-refractivity contribution >= 4 is 11.6 Å². The molecule has 6 nitrogen and oxygen atoms in total. The van der Waals surface area contributed by atoms with E-state index in [0.29, 0.717) is 36.0 Å². The largest absolute Gasteiger partial charge is 0.490 e. The summed E-state index contributed by atoms with van der Waals surface area (Å²) in [6.07, 6.45) is 0.833. The molecule has 138 valence electrons. The zero-order chi connectivity index (χ0) is 18.6. The molecular weight excluding hydrogens is 337 g/mol. The number of hydrogen-bond donors (Lipinski definition) is 3. The number of nitrogens with zero attached hydrogens (tertiary/aromatic N) is 1. The molecule has 1 unspecified atom stereocenters. The van der Waals surface area contributed by atoms with E-state index in [2.05, 4.69) is 10.3 Å². The molecule has 0 amide bonds. The predicted octanol–water partition coefficient (Wildman–Crippen LogP) is 2.62. The van der Waals surface area contributed by atoms with E-state index >= 15 is 0 Å². The third-order valence-electron chi connectivity index (χ3n) is 4.04. The Bertz CT molecular complexity index is 791. The smallest absolute Gasteiger partial charge is 0.193 e. The van der Waals surface area contributed by atoms with Gasteiger partial charge in [-0.1, -0.05) is 12.1 Å². The van der Waals surface area contributed by atoms with Gasteiger partial charge in [-0.15, -0.1) is 0 Å². The van der Waals surface area contributed by atoms with Gasteiger partial charge in [0, 0.05) is 18.2 Å². The summed E-state index contributed by atoms with van der Waals surface area (Å²) in [4.78, 5) is 4.19. The van der Waals surface area contributed by atoms with Gasteiger partial charge in [-0.2, -0.15) is 0 Å². The molecule has 26 heavy (non-hydrogen) atoms. The summed E-state index contributed by atoms with van der Waals surface area (Å²) in [5.41, 5.74) is 5.93. The number of rotatable bonds is 4. The molecule has 0 fully saturated rings. The fraction of sp³-hybridized carbons (Fsp3) is 0.316. The van der Waals surface area contributed by atoms with Crippen LogP contribution < -0.4 is 20.5 Å². The van der Waals surface area contributed by atoms with Crippen LogP contribution in [-0.4, -0.2) is 30.8 Å². The number of nitrogens with two attached hydrogens (primary N) is 1. The van der Waals surface area contributed by atoms with Gasteiger partial charge in [0.25, 0.3) is 0 Å². The Morgan fingerprint density at radius 3 is 2.62 bits per heavy atom. The van der Waals surface area contributed by atoms with Crippen molar-refractivity contribution in [2.24, 2.45) is 10.7 Å². The molecule has 3 rings (SSSR count). The number of benzene rings is 2. The molecule has 0 saturated carbocycles. The highest BCUT2D eigenvalue weighted by Crippen LogP contribution is 2.32. The Kier molecular flexibility index (Phi) is 5.27. The van der Waals surface area contributed by atoms with E-state index in [1.807, 2.05) is 12.1 Å². The van der Waals surface area contributed by atoms with Crippen LogP contribution in [0.15, 0.2) is 47.5 Å².